The summed E-state index contributed by atoms with van der Waals surface area (Å²) < 4.78 is 0. The second kappa shape index (κ2) is 57.5. The van der Waals surface area contributed by atoms with E-state index in [4.69, 9.17) is 16.6 Å². The largest absolute Gasteiger partial charge is 4.00 e. The van der Waals surface area contributed by atoms with Crippen molar-refractivity contribution in [3.63, 3.8) is 0 Å². The Morgan fingerprint density at radius 3 is 0.630 bits per heavy atom. The molecule has 0 fully saturated rings. The Labute approximate surface area is 315 Å². The molecule has 0 unspecified atom stereocenters. The van der Waals surface area contributed by atoms with Crippen LogP contribution >= 0.6 is 0 Å². The average molecular weight is 730 g/mol. The Kier molecular flexibility index (Phi) is 73.0. The van der Waals surface area contributed by atoms with Gasteiger partial charge in [0.1, 0.15) is 0 Å². The summed E-state index contributed by atoms with van der Waals surface area (Å²) in [4.78, 5) is 20.9. The summed E-state index contributed by atoms with van der Waals surface area (Å²) in [6, 6.07) is 0. The van der Waals surface area contributed by atoms with Gasteiger partial charge < -0.3 is 51.0 Å². The van der Waals surface area contributed by atoms with Crippen LogP contribution in [0.5, 0.6) is 0 Å². The van der Waals surface area contributed by atoms with E-state index in [1.807, 2.05) is 0 Å². The fourth-order valence-corrected chi connectivity index (χ4v) is 5.31. The molecule has 0 bridgehead atoms. The molecule has 0 atom stereocenters. The van der Waals surface area contributed by atoms with Crippen LogP contribution in [-0.4, -0.2) is 23.5 Å². The molecule has 0 aliphatic heterocycles. The van der Waals surface area contributed by atoms with Gasteiger partial charge in [-0.2, -0.15) is 0 Å². The van der Waals surface area contributed by atoms with Gasteiger partial charge in [0.05, 0.1) is 0 Å². The van der Waals surface area contributed by atoms with E-state index in [1.165, 1.54) is 167 Å². The molecular formula is C38H78Cl2N2O3Ti. The molecule has 0 rings (SSSR count). The number of hydrogen-bond donors (Lipinski definition) is 1. The van der Waals surface area contributed by atoms with E-state index in [2.05, 4.69) is 13.8 Å². The molecule has 276 valence electrons. The van der Waals surface area contributed by atoms with Crippen LogP contribution in [0.3, 0.4) is 0 Å². The zero-order valence-corrected chi connectivity index (χ0v) is 33.9. The number of aliphatic hydroxyl groups is 1. The fourth-order valence-electron chi connectivity index (χ4n) is 5.31. The summed E-state index contributed by atoms with van der Waals surface area (Å²) in [6.45, 7) is 6.48. The molecule has 0 aliphatic carbocycles. The second-order valence-electron chi connectivity index (χ2n) is 12.6. The Balaban J connectivity index is -0.000000151. The van der Waals surface area contributed by atoms with Gasteiger partial charge in [0.25, 0.3) is 0 Å². The van der Waals surface area contributed by atoms with Gasteiger partial charge in [-0.3, -0.25) is 0 Å². The molecule has 0 aliphatic rings. The van der Waals surface area contributed by atoms with Crippen LogP contribution in [0.15, 0.2) is 0 Å². The van der Waals surface area contributed by atoms with Gasteiger partial charge in [0.2, 0.25) is 0 Å². The van der Waals surface area contributed by atoms with E-state index >= 15 is 0 Å². The Morgan fingerprint density at radius 2 is 0.500 bits per heavy atom. The van der Waals surface area contributed by atoms with Gasteiger partial charge >= 0.3 is 21.7 Å². The van der Waals surface area contributed by atoms with Crippen molar-refractivity contribution >= 4 is 11.8 Å². The molecule has 0 saturated carbocycles. The third-order valence-electron chi connectivity index (χ3n) is 8.01. The Morgan fingerprint density at radius 1 is 0.370 bits per heavy atom. The van der Waals surface area contributed by atoms with Crippen LogP contribution in [0.4, 0.5) is 0 Å². The van der Waals surface area contributed by atoms with E-state index in [0.29, 0.717) is 12.8 Å². The van der Waals surface area contributed by atoms with Gasteiger partial charge in [-0.1, -0.05) is 194 Å². The van der Waals surface area contributed by atoms with Crippen LogP contribution in [0.1, 0.15) is 226 Å². The second-order valence-corrected chi connectivity index (χ2v) is 12.6. The van der Waals surface area contributed by atoms with E-state index < -0.39 is 11.8 Å². The van der Waals surface area contributed by atoms with Crippen molar-refractivity contribution in [1.29, 1.82) is 0 Å². The van der Waals surface area contributed by atoms with Crippen LogP contribution in [0, 0.1) is 0 Å². The first-order valence-corrected chi connectivity index (χ1v) is 19.1. The number of amides is 2. The average Bonchev–Trinajstić information content (AvgIpc) is 2.97. The van der Waals surface area contributed by atoms with Crippen LogP contribution in [-0.2, 0) is 31.3 Å². The summed E-state index contributed by atoms with van der Waals surface area (Å²) in [7, 11) is 0. The predicted molar refractivity (Wildman–Crippen MR) is 191 cm³/mol. The number of rotatable bonds is 32. The molecular weight excluding hydrogens is 651 g/mol. The first-order valence-electron chi connectivity index (χ1n) is 19.1. The summed E-state index contributed by atoms with van der Waals surface area (Å²) >= 11 is 0. The number of carbonyl (C=O) groups is 2. The minimum absolute atomic E-state index is 0. The van der Waals surface area contributed by atoms with E-state index in [0.717, 1.165) is 25.7 Å². The molecule has 0 radical (unpaired) electrons. The van der Waals surface area contributed by atoms with E-state index in [9.17, 15) is 9.59 Å². The molecule has 0 spiro atoms. The Bertz CT molecular complexity index is 488. The Hall–Kier alpha value is 0.194. The van der Waals surface area contributed by atoms with Crippen molar-refractivity contribution in [2.24, 2.45) is 0 Å². The van der Waals surface area contributed by atoms with Gasteiger partial charge in [-0.15, -0.1) is 0 Å². The van der Waals surface area contributed by atoms with Gasteiger partial charge in [0.15, 0.2) is 0 Å². The minimum atomic E-state index is -0.403. The molecule has 0 aromatic carbocycles. The van der Waals surface area contributed by atoms with Gasteiger partial charge in [-0.25, -0.2) is 0 Å². The molecule has 8 heteroatoms. The zero-order valence-electron chi connectivity index (χ0n) is 30.9. The molecule has 0 heterocycles. The molecule has 3 N–H and O–H groups in total. The number of halogens is 2. The van der Waals surface area contributed by atoms with Crippen LogP contribution in [0.2, 0.25) is 0 Å². The van der Waals surface area contributed by atoms with Crippen LogP contribution in [0.25, 0.3) is 11.5 Å². The van der Waals surface area contributed by atoms with Crippen molar-refractivity contribution in [3.8, 4) is 0 Å². The predicted octanol–water partition coefficient (Wildman–Crippen LogP) is 7.66. The van der Waals surface area contributed by atoms with Gasteiger partial charge in [0, 0.05) is 18.4 Å². The summed E-state index contributed by atoms with van der Waals surface area (Å²) in [5.41, 5.74) is 13.6. The SMILES string of the molecule is CCCCCCCCCCCCCCCCCC([NH-])=O.CCCCCCCCCCCCCCCCCC([NH-])=O.CCO.[Cl-].[Cl-].[Ti+4]. The fraction of sp³-hybridized carbons (Fsp3) is 0.947. The van der Waals surface area contributed by atoms with Crippen molar-refractivity contribution in [2.45, 2.75) is 226 Å². The molecule has 0 saturated heterocycles. The number of unbranched alkanes of at least 4 members (excludes halogenated alkanes) is 28. The smallest absolute Gasteiger partial charge is 1.00 e. The third-order valence-corrected chi connectivity index (χ3v) is 8.01. The maximum absolute atomic E-state index is 10.4. The summed E-state index contributed by atoms with van der Waals surface area (Å²) in [6.07, 6.45) is 41.1. The standard InChI is InChI=1S/2C18H37NO.C2H6O.2ClH.Ti/c2*1-2-3-4-5-6-7-8-9-10-11-12-13-14-15-16-17-18(19)20;1-2-3;;;/h2*2-17H2,1H3,(H2,19,20);3H,2H2,1H3;2*1H;/q;;;;;+4/p-4. The van der Waals surface area contributed by atoms with Crippen molar-refractivity contribution in [1.82, 2.24) is 0 Å². The molecule has 0 aromatic heterocycles. The topological polar surface area (TPSA) is 102 Å². The van der Waals surface area contributed by atoms with Gasteiger partial charge in [-0.05, 0) is 32.6 Å². The molecule has 5 nitrogen and oxygen atoms in total. The number of hydrogen-bond acceptors (Lipinski definition) is 3. The number of nitrogens with one attached hydrogen (secondary N) is 2. The van der Waals surface area contributed by atoms with E-state index in [-0.39, 0.29) is 53.1 Å². The quantitative estimate of drug-likeness (QED) is 0.0569. The van der Waals surface area contributed by atoms with Crippen molar-refractivity contribution < 1.29 is 61.2 Å². The molecule has 0 aromatic rings. The first-order chi connectivity index (χ1) is 21.0. The van der Waals surface area contributed by atoms with Crippen molar-refractivity contribution in [2.75, 3.05) is 6.61 Å². The number of aliphatic hydroxyl groups excluding tert-OH is 1. The van der Waals surface area contributed by atoms with E-state index in [1.54, 1.807) is 6.92 Å². The summed E-state index contributed by atoms with van der Waals surface area (Å²) in [5, 5.41) is 7.57. The van der Waals surface area contributed by atoms with Crippen LogP contribution < -0.4 is 24.8 Å². The maximum Gasteiger partial charge on any atom is 4.00 e. The molecule has 2 amide bonds. The summed E-state index contributed by atoms with van der Waals surface area (Å²) in [5.74, 6) is -0.806. The first kappa shape index (κ1) is 58.4. The molecule has 46 heavy (non-hydrogen) atoms. The minimum Gasteiger partial charge on any atom is -1.00 e. The number of carbonyl (C=O) groups excluding carboxylic acids is 2. The normalized spacial score (nSPS) is 9.83. The zero-order chi connectivity index (χ0) is 32.5. The maximum atomic E-state index is 10.4. The van der Waals surface area contributed by atoms with Crippen molar-refractivity contribution in [3.05, 3.63) is 11.5 Å². The monoisotopic (exact) mass is 728 g/mol. The third kappa shape index (κ3) is 70.5.